The summed E-state index contributed by atoms with van der Waals surface area (Å²) in [5, 5.41) is 0.351. The fourth-order valence-corrected chi connectivity index (χ4v) is 5.17. The maximum Gasteiger partial charge on any atom is 0.269 e. The van der Waals surface area contributed by atoms with Crippen LogP contribution in [0.1, 0.15) is 27.0 Å². The highest BCUT2D eigenvalue weighted by molar-refractivity contribution is 7.80. The first-order chi connectivity index (χ1) is 16.4. The van der Waals surface area contributed by atoms with Crippen LogP contribution in [0.25, 0.3) is 11.2 Å². The third-order valence-electron chi connectivity index (χ3n) is 6.94. The largest absolute Gasteiger partial charge is 0.460 e. The molecule has 0 amide bonds. The van der Waals surface area contributed by atoms with E-state index < -0.39 is 20.6 Å². The molecule has 190 valence electrons. The van der Waals surface area contributed by atoms with E-state index in [0.717, 1.165) is 0 Å². The van der Waals surface area contributed by atoms with Crippen molar-refractivity contribution in [3.8, 4) is 0 Å². The van der Waals surface area contributed by atoms with Gasteiger partial charge in [-0.3, -0.25) is 9.13 Å². The molecule has 13 heteroatoms. The van der Waals surface area contributed by atoms with Gasteiger partial charge in [-0.25, -0.2) is 19.9 Å². The minimum absolute atomic E-state index is 0.0759. The van der Waals surface area contributed by atoms with Crippen molar-refractivity contribution >= 4 is 42.7 Å². The Labute approximate surface area is 211 Å². The maximum atomic E-state index is 6.63. The predicted molar refractivity (Wildman–Crippen MR) is 139 cm³/mol. The zero-order valence-corrected chi connectivity index (χ0v) is 23.1. The highest BCUT2D eigenvalue weighted by Crippen LogP contribution is 2.40. The normalized spacial score (nSPS) is 23.3. The van der Waals surface area contributed by atoms with Crippen LogP contribution >= 0.6 is 12.2 Å². The zero-order valence-electron chi connectivity index (χ0n) is 21.2. The molecule has 4 atom stereocenters. The summed E-state index contributed by atoms with van der Waals surface area (Å²) in [5.74, 6) is 0.306. The topological polar surface area (TPSA) is 118 Å². The van der Waals surface area contributed by atoms with Crippen LogP contribution in [0.5, 0.6) is 0 Å². The van der Waals surface area contributed by atoms with Crippen molar-refractivity contribution in [3.63, 3.8) is 0 Å². The first-order valence-corrected chi connectivity index (χ1v) is 14.8. The number of ether oxygens (including phenoxy) is 2. The van der Waals surface area contributed by atoms with E-state index >= 15 is 0 Å². The molecule has 3 aromatic heterocycles. The first kappa shape index (κ1) is 25.6. The van der Waals surface area contributed by atoms with Gasteiger partial charge in [-0.15, -0.1) is 0 Å². The molecule has 4 rings (SSSR count). The highest BCUT2D eigenvalue weighted by Gasteiger charge is 2.50. The second-order valence-electron chi connectivity index (χ2n) is 10.5. The molecule has 0 radical (unpaired) electrons. The number of hydrogen-bond acceptors (Lipinski definition) is 10. The second-order valence-corrected chi connectivity index (χ2v) is 15.7. The van der Waals surface area contributed by atoms with E-state index in [1.54, 1.807) is 29.6 Å². The minimum Gasteiger partial charge on any atom is -0.460 e. The third kappa shape index (κ3) is 4.96. The first-order valence-electron chi connectivity index (χ1n) is 11.5. The second kappa shape index (κ2) is 9.54. The molecule has 1 aliphatic rings. The van der Waals surface area contributed by atoms with E-state index in [4.69, 9.17) is 31.9 Å². The van der Waals surface area contributed by atoms with E-state index in [0.29, 0.717) is 23.6 Å². The van der Waals surface area contributed by atoms with E-state index in [1.807, 2.05) is 18.7 Å². The standard InChI is InChI=1S/C22H34N8O3SSi/c1-22(2,3)35(6,7)31-10-14-16(28(4)5)17(33-21(34)29-9-8-24-12-29)20(32-14)30-13-27-15-18(23)25-11-26-19(15)30/h8-9,11-14,16-17,20H,10H2,1-7H3,(H2,23,25,26)/t14-,16-,17+,20-/m1/s1. The molecule has 1 fully saturated rings. The molecule has 35 heavy (non-hydrogen) atoms. The van der Waals surface area contributed by atoms with Gasteiger partial charge < -0.3 is 24.5 Å². The number of fused-ring (bicyclic) bond motifs is 1. The lowest BCUT2D eigenvalue weighted by Crippen LogP contribution is -2.49. The van der Waals surface area contributed by atoms with Crippen molar-refractivity contribution in [1.82, 2.24) is 34.0 Å². The van der Waals surface area contributed by atoms with Crippen molar-refractivity contribution in [3.05, 3.63) is 31.4 Å². The number of anilines is 1. The van der Waals surface area contributed by atoms with Crippen LogP contribution in [0, 0.1) is 0 Å². The average Bonchev–Trinajstić information content (AvgIpc) is 3.50. The minimum atomic E-state index is -2.01. The highest BCUT2D eigenvalue weighted by atomic mass is 32.1. The Morgan fingerprint density at radius 1 is 1.23 bits per heavy atom. The van der Waals surface area contributed by atoms with E-state index in [-0.39, 0.29) is 22.4 Å². The molecule has 0 spiro atoms. The molecule has 0 saturated carbocycles. The molecule has 0 aliphatic carbocycles. The molecular weight excluding hydrogens is 484 g/mol. The summed E-state index contributed by atoms with van der Waals surface area (Å²) in [5.41, 5.74) is 7.10. The number of hydrogen-bond donors (Lipinski definition) is 1. The molecule has 4 heterocycles. The lowest BCUT2D eigenvalue weighted by atomic mass is 10.1. The number of thiocarbonyl (C=S) groups is 1. The molecule has 0 unspecified atom stereocenters. The van der Waals surface area contributed by atoms with Gasteiger partial charge in [0.1, 0.15) is 24.3 Å². The monoisotopic (exact) mass is 518 g/mol. The van der Waals surface area contributed by atoms with Crippen LogP contribution in [-0.2, 0) is 13.9 Å². The number of aromatic nitrogens is 6. The van der Waals surface area contributed by atoms with Crippen LogP contribution < -0.4 is 5.73 Å². The van der Waals surface area contributed by atoms with Gasteiger partial charge in [0.15, 0.2) is 32.1 Å². The third-order valence-corrected chi connectivity index (χ3v) is 11.7. The summed E-state index contributed by atoms with van der Waals surface area (Å²) in [6.07, 6.45) is 6.74. The molecule has 1 saturated heterocycles. The number of nitrogens with two attached hydrogens (primary N) is 1. The van der Waals surface area contributed by atoms with Crippen molar-refractivity contribution < 1.29 is 13.9 Å². The Bertz CT molecular complexity index is 1180. The number of nitrogens with zero attached hydrogens (tertiary/aromatic N) is 7. The van der Waals surface area contributed by atoms with Crippen LogP contribution in [-0.4, -0.2) is 86.4 Å². The Morgan fingerprint density at radius 3 is 2.60 bits per heavy atom. The fraction of sp³-hybridized carbons (Fsp3) is 0.591. The molecule has 3 aromatic rings. The Morgan fingerprint density at radius 2 is 1.97 bits per heavy atom. The number of likely N-dealkylation sites (N-methyl/N-ethyl adjacent to an activating group) is 1. The average molecular weight is 519 g/mol. The maximum absolute atomic E-state index is 6.63. The summed E-state index contributed by atoms with van der Waals surface area (Å²) >= 11 is 5.59. The van der Waals surface area contributed by atoms with Crippen LogP contribution in [0.3, 0.4) is 0 Å². The van der Waals surface area contributed by atoms with Crippen LogP contribution in [0.4, 0.5) is 5.82 Å². The number of rotatable bonds is 6. The van der Waals surface area contributed by atoms with Gasteiger partial charge in [0, 0.05) is 12.4 Å². The fourth-order valence-electron chi connectivity index (χ4n) is 3.94. The molecule has 0 bridgehead atoms. The summed E-state index contributed by atoms with van der Waals surface area (Å²) < 4.78 is 23.1. The lowest BCUT2D eigenvalue weighted by Gasteiger charge is -2.38. The van der Waals surface area contributed by atoms with Gasteiger partial charge >= 0.3 is 0 Å². The van der Waals surface area contributed by atoms with Crippen LogP contribution in [0.15, 0.2) is 31.4 Å². The van der Waals surface area contributed by atoms with Crippen molar-refractivity contribution in [1.29, 1.82) is 0 Å². The van der Waals surface area contributed by atoms with Crippen LogP contribution in [0.2, 0.25) is 18.1 Å². The molecule has 0 aromatic carbocycles. The van der Waals surface area contributed by atoms with Gasteiger partial charge in [0.25, 0.3) is 5.17 Å². The van der Waals surface area contributed by atoms with E-state index in [9.17, 15) is 0 Å². The van der Waals surface area contributed by atoms with E-state index in [2.05, 4.69) is 58.7 Å². The van der Waals surface area contributed by atoms with E-state index in [1.165, 1.54) is 6.33 Å². The number of imidazole rings is 2. The van der Waals surface area contributed by atoms with Gasteiger partial charge in [-0.2, -0.15) is 0 Å². The summed E-state index contributed by atoms with van der Waals surface area (Å²) in [4.78, 5) is 19.1. The summed E-state index contributed by atoms with van der Waals surface area (Å²) in [6.45, 7) is 11.6. The van der Waals surface area contributed by atoms with Crippen molar-refractivity contribution in [2.24, 2.45) is 0 Å². The zero-order chi connectivity index (χ0) is 25.5. The predicted octanol–water partition coefficient (Wildman–Crippen LogP) is 2.67. The Hall–Kier alpha value is -2.45. The molecule has 1 aliphatic heterocycles. The quantitative estimate of drug-likeness (QED) is 0.385. The van der Waals surface area contributed by atoms with Gasteiger partial charge in [-0.05, 0) is 44.4 Å². The van der Waals surface area contributed by atoms with Gasteiger partial charge in [0.2, 0.25) is 0 Å². The van der Waals surface area contributed by atoms with Crippen molar-refractivity contribution in [2.45, 2.75) is 63.4 Å². The van der Waals surface area contributed by atoms with Crippen molar-refractivity contribution in [2.75, 3.05) is 26.4 Å². The molecule has 11 nitrogen and oxygen atoms in total. The van der Waals surface area contributed by atoms with Gasteiger partial charge in [-0.1, -0.05) is 20.8 Å². The number of nitrogen functional groups attached to an aromatic ring is 1. The Kier molecular flexibility index (Phi) is 6.99. The SMILES string of the molecule is CN(C)[C@H]1[C@H](OC(=S)n2ccnc2)[C@H](n2cnc3c(N)ncnc32)O[C@@H]1CO[Si](C)(C)C(C)(C)C. The summed E-state index contributed by atoms with van der Waals surface area (Å²) in [7, 11) is 1.99. The molecular formula is C22H34N8O3SSi. The summed E-state index contributed by atoms with van der Waals surface area (Å²) in [6, 6.07) is -0.164. The smallest absolute Gasteiger partial charge is 0.269 e. The van der Waals surface area contributed by atoms with Gasteiger partial charge in [0.05, 0.1) is 19.0 Å². The molecule has 2 N–H and O–H groups in total. The lowest BCUT2D eigenvalue weighted by molar-refractivity contribution is -0.0454. The Balaban J connectivity index is 1.70.